The Labute approximate surface area is 114 Å². The molecule has 0 aliphatic heterocycles. The molecular formula is C14H26O5. The second-order valence-electron chi connectivity index (χ2n) is 5.32. The summed E-state index contributed by atoms with van der Waals surface area (Å²) in [5.74, 6) is -1.77. The number of hydrogen-bond donors (Lipinski definition) is 3. The molecule has 0 aliphatic carbocycles. The van der Waals surface area contributed by atoms with Gasteiger partial charge in [-0.1, -0.05) is 19.8 Å². The van der Waals surface area contributed by atoms with E-state index in [1.807, 2.05) is 6.92 Å². The minimum atomic E-state index is -0.898. The van der Waals surface area contributed by atoms with E-state index in [9.17, 15) is 19.8 Å². The minimum absolute atomic E-state index is 0.00413. The molecule has 0 amide bonds. The average molecular weight is 274 g/mol. The quantitative estimate of drug-likeness (QED) is 0.538. The number of aliphatic hydroxyl groups excluding tert-OH is 1. The van der Waals surface area contributed by atoms with Crippen molar-refractivity contribution in [2.24, 2.45) is 5.41 Å². The normalized spacial score (nSPS) is 15.7. The van der Waals surface area contributed by atoms with Gasteiger partial charge in [0.2, 0.25) is 0 Å². The lowest BCUT2D eigenvalue weighted by Gasteiger charge is -2.30. The molecule has 0 rings (SSSR count). The molecule has 0 bridgehead atoms. The Morgan fingerprint density at radius 3 is 2.11 bits per heavy atom. The van der Waals surface area contributed by atoms with E-state index in [2.05, 4.69) is 0 Å². The summed E-state index contributed by atoms with van der Waals surface area (Å²) in [6.45, 7) is 3.64. The molecule has 112 valence electrons. The molecule has 5 nitrogen and oxygen atoms in total. The van der Waals surface area contributed by atoms with Crippen LogP contribution in [-0.4, -0.2) is 33.4 Å². The lowest BCUT2D eigenvalue weighted by atomic mass is 9.74. The molecule has 0 aromatic carbocycles. The zero-order chi connectivity index (χ0) is 14.9. The summed E-state index contributed by atoms with van der Waals surface area (Å²) in [5.41, 5.74) is -0.886. The van der Waals surface area contributed by atoms with Crippen molar-refractivity contribution in [1.29, 1.82) is 0 Å². The van der Waals surface area contributed by atoms with Crippen molar-refractivity contribution in [3.8, 4) is 0 Å². The molecule has 0 spiro atoms. The van der Waals surface area contributed by atoms with Crippen LogP contribution >= 0.6 is 0 Å². The Kier molecular flexibility index (Phi) is 8.39. The largest absolute Gasteiger partial charge is 0.481 e. The second kappa shape index (κ2) is 8.91. The monoisotopic (exact) mass is 274 g/mol. The van der Waals surface area contributed by atoms with Gasteiger partial charge < -0.3 is 15.3 Å². The van der Waals surface area contributed by atoms with E-state index in [4.69, 9.17) is 5.11 Å². The van der Waals surface area contributed by atoms with Gasteiger partial charge in [0.15, 0.2) is 0 Å². The van der Waals surface area contributed by atoms with Crippen LogP contribution in [0.1, 0.15) is 65.2 Å². The Morgan fingerprint density at radius 1 is 1.11 bits per heavy atom. The number of carbonyl (C=O) groups is 2. The Morgan fingerprint density at radius 2 is 1.68 bits per heavy atom. The molecule has 5 heteroatoms. The minimum Gasteiger partial charge on any atom is -0.481 e. The third kappa shape index (κ3) is 7.15. The molecule has 0 saturated carbocycles. The number of carboxylic acid groups (broad SMARTS) is 2. The molecule has 19 heavy (non-hydrogen) atoms. The van der Waals surface area contributed by atoms with E-state index in [-0.39, 0.29) is 6.42 Å². The number of rotatable bonds is 11. The fraction of sp³-hybridized carbons (Fsp3) is 0.857. The van der Waals surface area contributed by atoms with Gasteiger partial charge in [0.05, 0.1) is 11.5 Å². The molecule has 0 fully saturated rings. The molecule has 0 aromatic rings. The van der Waals surface area contributed by atoms with Gasteiger partial charge in [0.25, 0.3) is 0 Å². The maximum atomic E-state index is 11.6. The van der Waals surface area contributed by atoms with Crippen LogP contribution in [0, 0.1) is 5.41 Å². The molecule has 3 N–H and O–H groups in total. The highest BCUT2D eigenvalue weighted by Gasteiger charge is 2.37. The molecule has 2 atom stereocenters. The molecule has 2 unspecified atom stereocenters. The van der Waals surface area contributed by atoms with Crippen molar-refractivity contribution in [1.82, 2.24) is 0 Å². The Hall–Kier alpha value is -1.10. The predicted molar refractivity (Wildman–Crippen MR) is 72.0 cm³/mol. The van der Waals surface area contributed by atoms with Crippen molar-refractivity contribution in [2.75, 3.05) is 0 Å². The average Bonchev–Trinajstić information content (AvgIpc) is 2.31. The number of aliphatic hydroxyl groups is 1. The number of unbranched alkanes of at least 4 members (excludes halogenated alkanes) is 1. The second-order valence-corrected chi connectivity index (χ2v) is 5.32. The van der Waals surface area contributed by atoms with Gasteiger partial charge in [0.1, 0.15) is 0 Å². The number of hydrogen-bond acceptors (Lipinski definition) is 3. The van der Waals surface area contributed by atoms with E-state index in [0.717, 1.165) is 12.8 Å². The molecule has 0 aliphatic rings. The summed E-state index contributed by atoms with van der Waals surface area (Å²) in [7, 11) is 0. The van der Waals surface area contributed by atoms with Gasteiger partial charge in [-0.25, -0.2) is 0 Å². The summed E-state index contributed by atoms with van der Waals surface area (Å²) >= 11 is 0. The van der Waals surface area contributed by atoms with Crippen LogP contribution in [0.3, 0.4) is 0 Å². The van der Waals surface area contributed by atoms with Crippen molar-refractivity contribution in [3.05, 3.63) is 0 Å². The summed E-state index contributed by atoms with van der Waals surface area (Å²) in [5, 5.41) is 27.5. The first-order chi connectivity index (χ1) is 8.84. The first-order valence-electron chi connectivity index (χ1n) is 6.97. The fourth-order valence-electron chi connectivity index (χ4n) is 2.27. The first-order valence-corrected chi connectivity index (χ1v) is 6.97. The van der Waals surface area contributed by atoms with E-state index in [1.165, 1.54) is 0 Å². The van der Waals surface area contributed by atoms with Gasteiger partial charge in [-0.3, -0.25) is 9.59 Å². The highest BCUT2D eigenvalue weighted by molar-refractivity contribution is 5.74. The number of carboxylic acids is 2. The first kappa shape index (κ1) is 17.9. The summed E-state index contributed by atoms with van der Waals surface area (Å²) in [6.07, 6.45) is 3.29. The van der Waals surface area contributed by atoms with E-state index >= 15 is 0 Å². The maximum absolute atomic E-state index is 11.6. The van der Waals surface area contributed by atoms with Gasteiger partial charge in [-0.15, -0.1) is 0 Å². The highest BCUT2D eigenvalue weighted by Crippen LogP contribution is 2.37. The topological polar surface area (TPSA) is 94.8 Å². The SMILES string of the molecule is CCCCC(CCCC(=O)O)(CCC(C)O)C(=O)O. The summed E-state index contributed by atoms with van der Waals surface area (Å²) in [4.78, 5) is 22.1. The molecule has 0 aromatic heterocycles. The van der Waals surface area contributed by atoms with Gasteiger partial charge >= 0.3 is 11.9 Å². The molecule has 0 radical (unpaired) electrons. The lowest BCUT2D eigenvalue weighted by Crippen LogP contribution is -2.32. The van der Waals surface area contributed by atoms with Crippen LogP contribution in [0.4, 0.5) is 0 Å². The van der Waals surface area contributed by atoms with Crippen LogP contribution in [-0.2, 0) is 9.59 Å². The van der Waals surface area contributed by atoms with Crippen molar-refractivity contribution < 1.29 is 24.9 Å². The fourth-order valence-corrected chi connectivity index (χ4v) is 2.27. The number of aliphatic carboxylic acids is 2. The summed E-state index contributed by atoms with van der Waals surface area (Å²) in [6, 6.07) is 0. The van der Waals surface area contributed by atoms with Crippen LogP contribution in [0.2, 0.25) is 0 Å². The molecular weight excluding hydrogens is 248 g/mol. The summed E-state index contributed by atoms with van der Waals surface area (Å²) < 4.78 is 0. The van der Waals surface area contributed by atoms with E-state index in [1.54, 1.807) is 6.92 Å². The van der Waals surface area contributed by atoms with Gasteiger partial charge in [-0.05, 0) is 39.0 Å². The van der Waals surface area contributed by atoms with Crippen molar-refractivity contribution >= 4 is 11.9 Å². The third-order valence-corrected chi connectivity index (χ3v) is 3.55. The van der Waals surface area contributed by atoms with Crippen LogP contribution in [0.25, 0.3) is 0 Å². The zero-order valence-electron chi connectivity index (χ0n) is 11.9. The Balaban J connectivity index is 4.70. The van der Waals surface area contributed by atoms with Gasteiger partial charge in [-0.2, -0.15) is 0 Å². The van der Waals surface area contributed by atoms with Crippen LogP contribution in [0.5, 0.6) is 0 Å². The van der Waals surface area contributed by atoms with Gasteiger partial charge in [0, 0.05) is 6.42 Å². The van der Waals surface area contributed by atoms with Crippen LogP contribution < -0.4 is 0 Å². The van der Waals surface area contributed by atoms with E-state index < -0.39 is 23.5 Å². The van der Waals surface area contributed by atoms with Crippen molar-refractivity contribution in [3.63, 3.8) is 0 Å². The molecule has 0 heterocycles. The maximum Gasteiger partial charge on any atom is 0.309 e. The predicted octanol–water partition coefficient (Wildman–Crippen LogP) is 2.66. The Bertz CT molecular complexity index is 288. The van der Waals surface area contributed by atoms with E-state index in [0.29, 0.717) is 32.1 Å². The standard InChI is InChI=1S/C14H26O5/c1-3-4-8-14(13(18)19,10-7-11(2)15)9-5-6-12(16)17/h11,15H,3-10H2,1-2H3,(H,16,17)(H,18,19). The molecule has 0 saturated heterocycles. The van der Waals surface area contributed by atoms with Crippen LogP contribution in [0.15, 0.2) is 0 Å². The highest BCUT2D eigenvalue weighted by atomic mass is 16.4. The smallest absolute Gasteiger partial charge is 0.309 e. The lowest BCUT2D eigenvalue weighted by molar-refractivity contribution is -0.151. The third-order valence-electron chi connectivity index (χ3n) is 3.55. The zero-order valence-corrected chi connectivity index (χ0v) is 11.9. The van der Waals surface area contributed by atoms with Crippen molar-refractivity contribution in [2.45, 2.75) is 71.3 Å².